The van der Waals surface area contributed by atoms with E-state index in [4.69, 9.17) is 27.9 Å². The molecule has 0 radical (unpaired) electrons. The maximum Gasteiger partial charge on any atom is 0.339 e. The van der Waals surface area contributed by atoms with Crippen LogP contribution in [0.2, 0.25) is 10.0 Å². The number of nitrogens with one attached hydrogen (secondary N) is 1. The van der Waals surface area contributed by atoms with Gasteiger partial charge in [0.15, 0.2) is 0 Å². The van der Waals surface area contributed by atoms with Gasteiger partial charge in [-0.25, -0.2) is 4.79 Å². The highest BCUT2D eigenvalue weighted by Gasteiger charge is 2.49. The normalized spacial score (nSPS) is 16.2. The Labute approximate surface area is 162 Å². The van der Waals surface area contributed by atoms with Crippen molar-refractivity contribution in [3.8, 4) is 0 Å². The van der Waals surface area contributed by atoms with Crippen LogP contribution in [0.1, 0.15) is 22.0 Å². The van der Waals surface area contributed by atoms with Crippen LogP contribution in [0.3, 0.4) is 0 Å². The number of cyclic esters (lactones) is 1. The van der Waals surface area contributed by atoms with Crippen LogP contribution < -0.4 is 5.32 Å². The molecule has 10 heteroatoms. The van der Waals surface area contributed by atoms with E-state index < -0.39 is 34.7 Å². The van der Waals surface area contributed by atoms with Crippen molar-refractivity contribution in [2.75, 3.05) is 5.32 Å². The van der Waals surface area contributed by atoms with Gasteiger partial charge in [-0.05, 0) is 24.3 Å². The molecule has 1 N–H and O–H groups in total. The number of ether oxygens (including phenoxy) is 1. The van der Waals surface area contributed by atoms with E-state index in [1.807, 2.05) is 0 Å². The monoisotopic (exact) mass is 408 g/mol. The predicted octanol–water partition coefficient (Wildman–Crippen LogP) is 3.06. The van der Waals surface area contributed by atoms with Gasteiger partial charge in [0, 0.05) is 16.2 Å². The molecule has 2 aromatic carbocycles. The number of hydrogen-bond acceptors (Lipinski definition) is 6. The number of carbonyl (C=O) groups excluding carboxylic acids is 3. The van der Waals surface area contributed by atoms with Gasteiger partial charge in [0.2, 0.25) is 6.10 Å². The van der Waals surface area contributed by atoms with Crippen LogP contribution in [0.25, 0.3) is 0 Å². The molecular formula is C17H10Cl2N2O6. The van der Waals surface area contributed by atoms with Gasteiger partial charge in [-0.3, -0.25) is 19.7 Å². The lowest BCUT2D eigenvalue weighted by molar-refractivity contribution is -0.518. The molecule has 27 heavy (non-hydrogen) atoms. The Hall–Kier alpha value is -2.97. The molecule has 1 aliphatic heterocycles. The first kappa shape index (κ1) is 18.8. The summed E-state index contributed by atoms with van der Waals surface area (Å²) in [5.41, 5.74) is 0.431. The molecule has 1 amide bonds. The smallest absolute Gasteiger partial charge is 0.339 e. The minimum absolute atomic E-state index is 0.118. The minimum Gasteiger partial charge on any atom is -0.446 e. The van der Waals surface area contributed by atoms with E-state index in [0.29, 0.717) is 0 Å². The lowest BCUT2D eigenvalue weighted by Gasteiger charge is -2.15. The zero-order chi connectivity index (χ0) is 19.7. The van der Waals surface area contributed by atoms with Crippen LogP contribution >= 0.6 is 23.2 Å². The number of rotatable bonds is 5. The van der Waals surface area contributed by atoms with Gasteiger partial charge in [-0.2, -0.15) is 0 Å². The lowest BCUT2D eigenvalue weighted by atomic mass is 9.97. The van der Waals surface area contributed by atoms with E-state index in [9.17, 15) is 24.5 Å². The molecule has 0 fully saturated rings. The van der Waals surface area contributed by atoms with Crippen molar-refractivity contribution in [2.24, 2.45) is 0 Å². The number of carbonyl (C=O) groups is 3. The number of hydrogen-bond donors (Lipinski definition) is 1. The summed E-state index contributed by atoms with van der Waals surface area (Å²) in [6, 6.07) is 7.95. The molecule has 138 valence electrons. The Morgan fingerprint density at radius 2 is 1.85 bits per heavy atom. The first-order valence-corrected chi connectivity index (χ1v) is 8.29. The van der Waals surface area contributed by atoms with Crippen molar-refractivity contribution >= 4 is 46.5 Å². The van der Waals surface area contributed by atoms with E-state index in [0.717, 1.165) is 0 Å². The largest absolute Gasteiger partial charge is 0.446 e. The Morgan fingerprint density at radius 1 is 1.15 bits per heavy atom. The highest BCUT2D eigenvalue weighted by Crippen LogP contribution is 2.34. The van der Waals surface area contributed by atoms with Crippen molar-refractivity contribution < 1.29 is 24.0 Å². The van der Waals surface area contributed by atoms with Gasteiger partial charge >= 0.3 is 12.0 Å². The maximum atomic E-state index is 12.4. The van der Waals surface area contributed by atoms with Gasteiger partial charge < -0.3 is 10.1 Å². The van der Waals surface area contributed by atoms with E-state index in [2.05, 4.69) is 5.32 Å². The quantitative estimate of drug-likeness (QED) is 0.351. The molecule has 3 rings (SSSR count). The molecule has 2 atom stereocenters. The molecule has 0 aromatic heterocycles. The number of halogens is 2. The van der Waals surface area contributed by atoms with Crippen LogP contribution in [0, 0.1) is 10.1 Å². The summed E-state index contributed by atoms with van der Waals surface area (Å²) in [6.07, 6.45) is -1.49. The number of Topliss-reactive ketones (excluding diaryl/α,β-unsaturated/α-hetero) is 1. The molecule has 0 unspecified atom stereocenters. The van der Waals surface area contributed by atoms with E-state index >= 15 is 0 Å². The van der Waals surface area contributed by atoms with Crippen molar-refractivity contribution in [3.63, 3.8) is 0 Å². The van der Waals surface area contributed by atoms with Crippen LogP contribution in [0.15, 0.2) is 42.5 Å². The topological polar surface area (TPSA) is 116 Å². The van der Waals surface area contributed by atoms with E-state index in [1.54, 1.807) is 12.1 Å². The van der Waals surface area contributed by atoms with Crippen LogP contribution in [0.4, 0.5) is 5.69 Å². The number of fused-ring (bicyclic) bond motifs is 1. The maximum absolute atomic E-state index is 12.4. The van der Waals surface area contributed by atoms with Crippen molar-refractivity contribution in [1.82, 2.24) is 0 Å². The fourth-order valence-electron chi connectivity index (χ4n) is 2.65. The summed E-state index contributed by atoms with van der Waals surface area (Å²) in [5, 5.41) is 14.1. The molecule has 0 aliphatic carbocycles. The van der Waals surface area contributed by atoms with Gasteiger partial charge in [0.1, 0.15) is 0 Å². The third-order valence-corrected chi connectivity index (χ3v) is 4.64. The molecular weight excluding hydrogens is 399 g/mol. The summed E-state index contributed by atoms with van der Waals surface area (Å²) in [4.78, 5) is 47.1. The number of amides is 1. The summed E-state index contributed by atoms with van der Waals surface area (Å²) < 4.78 is 4.99. The zero-order valence-corrected chi connectivity index (χ0v) is 14.9. The molecule has 0 spiro atoms. The number of nitrogens with zero attached hydrogens (tertiary/aromatic N) is 1. The van der Waals surface area contributed by atoms with Crippen molar-refractivity contribution in [3.05, 3.63) is 73.8 Å². The molecule has 0 saturated carbocycles. The summed E-state index contributed by atoms with van der Waals surface area (Å²) in [5.74, 6) is -3.39. The fraction of sp³-hybridized carbons (Fsp3) is 0.118. The van der Waals surface area contributed by atoms with E-state index in [1.165, 1.54) is 30.3 Å². The number of anilines is 1. The Kier molecular flexibility index (Phi) is 5.11. The van der Waals surface area contributed by atoms with Crippen molar-refractivity contribution in [1.29, 1.82) is 0 Å². The van der Waals surface area contributed by atoms with Crippen LogP contribution in [-0.4, -0.2) is 28.6 Å². The molecule has 0 saturated heterocycles. The molecule has 0 bridgehead atoms. The van der Waals surface area contributed by atoms with E-state index in [-0.39, 0.29) is 26.9 Å². The van der Waals surface area contributed by atoms with Gasteiger partial charge in [0.05, 0.1) is 15.6 Å². The molecule has 1 aliphatic rings. The predicted molar refractivity (Wildman–Crippen MR) is 95.5 cm³/mol. The first-order valence-electron chi connectivity index (χ1n) is 7.53. The van der Waals surface area contributed by atoms with Crippen LogP contribution in [0.5, 0.6) is 0 Å². The van der Waals surface area contributed by atoms with Gasteiger partial charge in [0.25, 0.3) is 11.7 Å². The minimum atomic E-state index is -2.08. The zero-order valence-electron chi connectivity index (χ0n) is 13.3. The second-order valence-electron chi connectivity index (χ2n) is 5.59. The standard InChI is InChI=1S/C17H10Cl2N2O6/c18-11-6-5-8(7-12(11)19)20-16(23)14(22)13(21(25)26)15-9-3-1-2-4-10(9)17(24)27-15/h1-7,13,15H,(H,20,23)/t13-,15+/m1/s1. The van der Waals surface area contributed by atoms with Gasteiger partial charge in [-0.1, -0.05) is 41.4 Å². The second kappa shape index (κ2) is 7.34. The third kappa shape index (κ3) is 3.62. The van der Waals surface area contributed by atoms with Crippen molar-refractivity contribution in [2.45, 2.75) is 12.1 Å². The summed E-state index contributed by atoms with van der Waals surface area (Å²) >= 11 is 11.6. The fourth-order valence-corrected chi connectivity index (χ4v) is 2.95. The average molecular weight is 409 g/mol. The Bertz CT molecular complexity index is 978. The number of ketones is 1. The number of benzene rings is 2. The SMILES string of the molecule is O=C(Nc1ccc(Cl)c(Cl)c1)C(=O)[C@H]([C@H]1OC(=O)c2ccccc21)[N+](=O)[O-]. The summed E-state index contributed by atoms with van der Waals surface area (Å²) in [7, 11) is 0. The Morgan fingerprint density at radius 3 is 2.52 bits per heavy atom. The average Bonchev–Trinajstić information content (AvgIpc) is 2.95. The summed E-state index contributed by atoms with van der Waals surface area (Å²) in [6.45, 7) is 0. The highest BCUT2D eigenvalue weighted by atomic mass is 35.5. The molecule has 2 aromatic rings. The highest BCUT2D eigenvalue weighted by molar-refractivity contribution is 6.43. The Balaban J connectivity index is 1.86. The third-order valence-electron chi connectivity index (χ3n) is 3.91. The van der Waals surface area contributed by atoms with Gasteiger partial charge in [-0.15, -0.1) is 0 Å². The first-order chi connectivity index (χ1) is 12.8. The number of nitro groups is 1. The number of esters is 1. The molecule has 8 nitrogen and oxygen atoms in total. The van der Waals surface area contributed by atoms with Crippen LogP contribution in [-0.2, 0) is 14.3 Å². The molecule has 1 heterocycles. The lowest BCUT2D eigenvalue weighted by Crippen LogP contribution is -2.42. The second-order valence-corrected chi connectivity index (χ2v) is 6.41.